The van der Waals surface area contributed by atoms with E-state index < -0.39 is 11.9 Å². The number of benzene rings is 2. The van der Waals surface area contributed by atoms with Crippen molar-refractivity contribution in [3.8, 4) is 0 Å². The summed E-state index contributed by atoms with van der Waals surface area (Å²) in [5.74, 6) is -0.511. The van der Waals surface area contributed by atoms with Crippen LogP contribution in [0.1, 0.15) is 51.7 Å². The van der Waals surface area contributed by atoms with Gasteiger partial charge in [0.05, 0.1) is 5.57 Å². The first-order chi connectivity index (χ1) is 14.9. The zero-order valence-electron chi connectivity index (χ0n) is 19.1. The molecule has 5 heteroatoms. The lowest BCUT2D eigenvalue weighted by Crippen LogP contribution is -2.31. The topological polar surface area (TPSA) is 49.9 Å². The van der Waals surface area contributed by atoms with Gasteiger partial charge in [0.15, 0.2) is 5.78 Å². The van der Waals surface area contributed by atoms with Gasteiger partial charge in [0, 0.05) is 44.5 Å². The summed E-state index contributed by atoms with van der Waals surface area (Å²) in [5, 5.41) is 0. The molecule has 0 aromatic heterocycles. The summed E-state index contributed by atoms with van der Waals surface area (Å²) in [6.07, 6.45) is 0. The molecule has 1 aliphatic rings. The molecule has 0 heterocycles. The van der Waals surface area contributed by atoms with Crippen molar-refractivity contribution in [3.63, 3.8) is 0 Å². The summed E-state index contributed by atoms with van der Waals surface area (Å²) in [6.45, 7) is 13.5. The molecule has 2 aromatic carbocycles. The van der Waals surface area contributed by atoms with Gasteiger partial charge in [-0.3, -0.25) is 9.59 Å². The van der Waals surface area contributed by atoms with Crippen molar-refractivity contribution in [2.75, 3.05) is 36.0 Å². The average molecular weight is 421 g/mol. The molecule has 0 saturated heterocycles. The van der Waals surface area contributed by atoms with E-state index in [1.165, 1.54) is 6.92 Å². The Kier molecular flexibility index (Phi) is 7.16. The van der Waals surface area contributed by atoms with E-state index in [1.54, 1.807) is 0 Å². The zero-order valence-corrected chi connectivity index (χ0v) is 19.1. The number of esters is 1. The number of rotatable bonds is 9. The highest BCUT2D eigenvalue weighted by molar-refractivity contribution is 6.32. The maximum Gasteiger partial charge on any atom is 0.307 e. The molecule has 0 aliphatic heterocycles. The van der Waals surface area contributed by atoms with E-state index in [9.17, 15) is 9.59 Å². The Morgan fingerprint density at radius 2 is 1.26 bits per heavy atom. The van der Waals surface area contributed by atoms with E-state index in [2.05, 4.69) is 37.5 Å². The Balaban J connectivity index is 1.93. The van der Waals surface area contributed by atoms with E-state index in [4.69, 9.17) is 4.74 Å². The quantitative estimate of drug-likeness (QED) is 0.533. The maximum atomic E-state index is 13.1. The summed E-state index contributed by atoms with van der Waals surface area (Å²) >= 11 is 0. The molecule has 1 atom stereocenters. The number of allylic oxidation sites excluding steroid dienone is 2. The number of nitrogens with zero attached hydrogens (tertiary/aromatic N) is 2. The number of anilines is 2. The number of ketones is 1. The number of ether oxygens (including phenoxy) is 1. The molecule has 0 bridgehead atoms. The lowest BCUT2D eigenvalue weighted by Gasteiger charge is -2.32. The van der Waals surface area contributed by atoms with Gasteiger partial charge in [-0.1, -0.05) is 24.3 Å². The van der Waals surface area contributed by atoms with Crippen molar-refractivity contribution in [3.05, 3.63) is 65.4 Å². The molecule has 31 heavy (non-hydrogen) atoms. The van der Waals surface area contributed by atoms with E-state index in [-0.39, 0.29) is 5.78 Å². The highest BCUT2D eigenvalue weighted by Gasteiger charge is 2.43. The Labute approximate surface area is 185 Å². The van der Waals surface area contributed by atoms with Gasteiger partial charge in [-0.2, -0.15) is 0 Å². The molecule has 1 aliphatic carbocycles. The molecule has 164 valence electrons. The smallest absolute Gasteiger partial charge is 0.307 e. The van der Waals surface area contributed by atoms with E-state index >= 15 is 0 Å². The van der Waals surface area contributed by atoms with Gasteiger partial charge in [0.25, 0.3) is 0 Å². The van der Waals surface area contributed by atoms with Crippen LogP contribution in [0.5, 0.6) is 0 Å². The molecule has 5 nitrogen and oxygen atoms in total. The van der Waals surface area contributed by atoms with Crippen LogP contribution < -0.4 is 9.80 Å². The Morgan fingerprint density at radius 1 is 0.806 bits per heavy atom. The van der Waals surface area contributed by atoms with Gasteiger partial charge in [-0.15, -0.1) is 0 Å². The second kappa shape index (κ2) is 9.82. The summed E-state index contributed by atoms with van der Waals surface area (Å²) < 4.78 is 5.53. The molecule has 1 unspecified atom stereocenters. The van der Waals surface area contributed by atoms with Crippen molar-refractivity contribution in [2.24, 2.45) is 0 Å². The summed E-state index contributed by atoms with van der Waals surface area (Å²) in [5.41, 5.74) is 4.36. The second-order valence-electron chi connectivity index (χ2n) is 7.61. The fourth-order valence-electron chi connectivity index (χ4n) is 4.20. The molecule has 0 radical (unpaired) electrons. The first-order valence-electron chi connectivity index (χ1n) is 11.1. The number of carbonyl (C=O) groups is 2. The van der Waals surface area contributed by atoms with Crippen LogP contribution in [-0.4, -0.2) is 37.9 Å². The fourth-order valence-corrected chi connectivity index (χ4v) is 4.20. The molecular weight excluding hydrogens is 388 g/mol. The third-order valence-corrected chi connectivity index (χ3v) is 5.91. The third-order valence-electron chi connectivity index (χ3n) is 5.91. The van der Waals surface area contributed by atoms with Crippen LogP contribution in [0.2, 0.25) is 0 Å². The predicted octanol–water partition coefficient (Wildman–Crippen LogP) is 5.02. The lowest BCUT2D eigenvalue weighted by molar-refractivity contribution is -0.138. The SMILES string of the molecule is CCN(CC)c1ccc(C2=C(OC(C)=O)C(c3ccc(N(CC)CC)cc3)C2=O)cc1. The van der Waals surface area contributed by atoms with Crippen LogP contribution in [-0.2, 0) is 14.3 Å². The minimum atomic E-state index is -0.535. The average Bonchev–Trinajstić information content (AvgIpc) is 2.77. The number of hydrogen-bond donors (Lipinski definition) is 0. The lowest BCUT2D eigenvalue weighted by atomic mass is 9.75. The van der Waals surface area contributed by atoms with Gasteiger partial charge in [0.1, 0.15) is 11.7 Å². The van der Waals surface area contributed by atoms with Crippen molar-refractivity contribution in [1.29, 1.82) is 0 Å². The summed E-state index contributed by atoms with van der Waals surface area (Å²) in [7, 11) is 0. The Hall–Kier alpha value is -3.08. The Bertz CT molecular complexity index is 953. The van der Waals surface area contributed by atoms with Crippen LogP contribution in [0.15, 0.2) is 54.3 Å². The minimum absolute atomic E-state index is 0.0116. The first-order valence-corrected chi connectivity index (χ1v) is 11.1. The predicted molar refractivity (Wildman–Crippen MR) is 126 cm³/mol. The summed E-state index contributed by atoms with van der Waals surface area (Å²) in [6, 6.07) is 15.9. The minimum Gasteiger partial charge on any atom is -0.429 e. The van der Waals surface area contributed by atoms with Crippen LogP contribution in [0.4, 0.5) is 11.4 Å². The van der Waals surface area contributed by atoms with Gasteiger partial charge in [-0.05, 0) is 63.1 Å². The first kappa shape index (κ1) is 22.6. The molecule has 0 spiro atoms. The van der Waals surface area contributed by atoms with Crippen LogP contribution in [0, 0.1) is 0 Å². The van der Waals surface area contributed by atoms with Crippen LogP contribution >= 0.6 is 0 Å². The van der Waals surface area contributed by atoms with Crippen molar-refractivity contribution in [2.45, 2.75) is 40.5 Å². The molecule has 2 aromatic rings. The third kappa shape index (κ3) is 4.50. The number of carbonyl (C=O) groups excluding carboxylic acids is 2. The monoisotopic (exact) mass is 420 g/mol. The van der Waals surface area contributed by atoms with Crippen molar-refractivity contribution in [1.82, 2.24) is 0 Å². The molecule has 0 N–H and O–H groups in total. The zero-order chi connectivity index (χ0) is 22.5. The maximum absolute atomic E-state index is 13.1. The van der Waals surface area contributed by atoms with E-state index in [0.29, 0.717) is 11.3 Å². The highest BCUT2D eigenvalue weighted by atomic mass is 16.5. The van der Waals surface area contributed by atoms with Gasteiger partial charge >= 0.3 is 5.97 Å². The summed E-state index contributed by atoms with van der Waals surface area (Å²) in [4.78, 5) is 29.4. The standard InChI is InChI=1S/C26H32N2O3/c1-6-27(7-2)21-14-10-19(11-15-21)23-25(30)24(26(23)31-18(5)29)20-12-16-22(17-13-20)28(8-3)9-4/h10-17,23H,6-9H2,1-5H3. The van der Waals surface area contributed by atoms with E-state index in [0.717, 1.165) is 48.7 Å². The van der Waals surface area contributed by atoms with Crippen molar-refractivity contribution >= 4 is 28.7 Å². The largest absolute Gasteiger partial charge is 0.429 e. The highest BCUT2D eigenvalue weighted by Crippen LogP contribution is 2.45. The van der Waals surface area contributed by atoms with Crippen LogP contribution in [0.3, 0.4) is 0 Å². The molecule has 0 amide bonds. The van der Waals surface area contributed by atoms with E-state index in [1.807, 2.05) is 48.5 Å². The number of Topliss-reactive ketones (excluding diaryl/α,β-unsaturated/α-hetero) is 1. The van der Waals surface area contributed by atoms with Crippen molar-refractivity contribution < 1.29 is 14.3 Å². The number of hydrogen-bond acceptors (Lipinski definition) is 5. The van der Waals surface area contributed by atoms with Gasteiger partial charge in [0.2, 0.25) is 0 Å². The van der Waals surface area contributed by atoms with Crippen LogP contribution in [0.25, 0.3) is 5.57 Å². The van der Waals surface area contributed by atoms with Gasteiger partial charge < -0.3 is 14.5 Å². The fraction of sp³-hybridized carbons (Fsp3) is 0.385. The molecular formula is C26H32N2O3. The molecule has 3 rings (SSSR count). The molecule has 0 fully saturated rings. The second-order valence-corrected chi connectivity index (χ2v) is 7.61. The van der Waals surface area contributed by atoms with Gasteiger partial charge in [-0.25, -0.2) is 0 Å². The normalized spacial score (nSPS) is 15.5. The molecule has 0 saturated carbocycles. The Morgan fingerprint density at radius 3 is 1.68 bits per heavy atom.